The Morgan fingerprint density at radius 1 is 1.31 bits per heavy atom. The first-order valence-corrected chi connectivity index (χ1v) is 10.0. The normalized spacial score (nSPS) is 19.8. The summed E-state index contributed by atoms with van der Waals surface area (Å²) in [6, 6.07) is 9.48. The number of nitrogens with one attached hydrogen (secondary N) is 1. The van der Waals surface area contributed by atoms with Gasteiger partial charge < -0.3 is 15.2 Å². The number of carbonyl (C=O) groups is 1. The van der Waals surface area contributed by atoms with E-state index in [-0.39, 0.29) is 19.1 Å². The highest BCUT2D eigenvalue weighted by molar-refractivity contribution is 6.32. The van der Waals surface area contributed by atoms with Crippen molar-refractivity contribution in [3.63, 3.8) is 0 Å². The summed E-state index contributed by atoms with van der Waals surface area (Å²) in [6.07, 6.45) is 1.35. The molecule has 7 heteroatoms. The molecule has 2 aromatic rings. The number of ether oxygens (including phenoxy) is 1. The number of rotatable bonds is 6. The molecule has 3 rings (SSSR count). The zero-order valence-electron chi connectivity index (χ0n) is 16.7. The predicted octanol–water partition coefficient (Wildman–Crippen LogP) is 3.94. The van der Waals surface area contributed by atoms with Gasteiger partial charge in [0, 0.05) is 17.3 Å². The van der Waals surface area contributed by atoms with Crippen LogP contribution in [0.3, 0.4) is 0 Å². The maximum absolute atomic E-state index is 13.3. The molecule has 1 heterocycles. The third kappa shape index (κ3) is 5.92. The Hall–Kier alpha value is -2.15. The third-order valence-electron chi connectivity index (χ3n) is 5.03. The van der Waals surface area contributed by atoms with Gasteiger partial charge in [0.15, 0.2) is 0 Å². The molecule has 0 aliphatic carbocycles. The minimum absolute atomic E-state index is 0.123. The smallest absolute Gasteiger partial charge is 0.238 e. The molecule has 2 aromatic carbocycles. The second kappa shape index (κ2) is 9.11. The SMILES string of the molecule is Cc1cc(OCC2(O)CCCN(CC(=O)Nc3cccc(F)c3)C2)cc(C)c1Cl. The highest BCUT2D eigenvalue weighted by Gasteiger charge is 2.34. The van der Waals surface area contributed by atoms with Crippen LogP contribution in [0.2, 0.25) is 5.02 Å². The van der Waals surface area contributed by atoms with E-state index >= 15 is 0 Å². The summed E-state index contributed by atoms with van der Waals surface area (Å²) in [5.41, 5.74) is 1.22. The lowest BCUT2D eigenvalue weighted by Crippen LogP contribution is -2.53. The molecule has 2 N–H and O–H groups in total. The molecule has 0 spiro atoms. The van der Waals surface area contributed by atoms with Crippen molar-refractivity contribution in [2.24, 2.45) is 0 Å². The second-order valence-corrected chi connectivity index (χ2v) is 8.13. The Balaban J connectivity index is 1.55. The maximum atomic E-state index is 13.3. The molecule has 1 unspecified atom stereocenters. The number of likely N-dealkylation sites (tertiary alicyclic amines) is 1. The standard InChI is InChI=1S/C22H26ClFN2O3/c1-15-9-19(10-16(2)21(15)23)29-14-22(28)7-4-8-26(13-22)12-20(27)25-18-6-3-5-17(24)11-18/h3,5-6,9-11,28H,4,7-8,12-14H2,1-2H3,(H,25,27). The van der Waals surface area contributed by atoms with Gasteiger partial charge in [0.2, 0.25) is 5.91 Å². The fourth-order valence-corrected chi connectivity index (χ4v) is 3.74. The average Bonchev–Trinajstić information content (AvgIpc) is 2.64. The fraction of sp³-hybridized carbons (Fsp3) is 0.409. The van der Waals surface area contributed by atoms with Crippen LogP contribution in [0, 0.1) is 19.7 Å². The molecule has 0 bridgehead atoms. The van der Waals surface area contributed by atoms with Gasteiger partial charge in [0.05, 0.1) is 6.54 Å². The van der Waals surface area contributed by atoms with Crippen LogP contribution in [-0.4, -0.2) is 47.8 Å². The molecular formula is C22H26ClFN2O3. The Labute approximate surface area is 175 Å². The van der Waals surface area contributed by atoms with E-state index in [0.29, 0.717) is 36.0 Å². The molecule has 1 atom stereocenters. The van der Waals surface area contributed by atoms with E-state index in [9.17, 15) is 14.3 Å². The number of carbonyl (C=O) groups excluding carboxylic acids is 1. The fourth-order valence-electron chi connectivity index (χ4n) is 3.64. The number of aryl methyl sites for hydroxylation is 2. The summed E-state index contributed by atoms with van der Waals surface area (Å²) in [5, 5.41) is 14.4. The third-order valence-corrected chi connectivity index (χ3v) is 5.62. The molecule has 29 heavy (non-hydrogen) atoms. The summed E-state index contributed by atoms with van der Waals surface area (Å²) >= 11 is 6.19. The molecule has 1 aliphatic heterocycles. The molecule has 0 radical (unpaired) electrons. The van der Waals surface area contributed by atoms with Crippen LogP contribution in [-0.2, 0) is 4.79 Å². The predicted molar refractivity (Wildman–Crippen MR) is 112 cm³/mol. The van der Waals surface area contributed by atoms with Crippen molar-refractivity contribution in [1.29, 1.82) is 0 Å². The van der Waals surface area contributed by atoms with Crippen LogP contribution in [0.15, 0.2) is 36.4 Å². The number of anilines is 1. The van der Waals surface area contributed by atoms with Crippen molar-refractivity contribution in [3.05, 3.63) is 58.4 Å². The van der Waals surface area contributed by atoms with Crippen LogP contribution in [0.25, 0.3) is 0 Å². The van der Waals surface area contributed by atoms with Crippen LogP contribution >= 0.6 is 11.6 Å². The van der Waals surface area contributed by atoms with E-state index in [1.165, 1.54) is 12.1 Å². The summed E-state index contributed by atoms with van der Waals surface area (Å²) in [4.78, 5) is 14.2. The van der Waals surface area contributed by atoms with E-state index in [1.807, 2.05) is 30.9 Å². The van der Waals surface area contributed by atoms with E-state index in [2.05, 4.69) is 5.32 Å². The number of hydrogen-bond donors (Lipinski definition) is 2. The Morgan fingerprint density at radius 3 is 2.72 bits per heavy atom. The topological polar surface area (TPSA) is 61.8 Å². The highest BCUT2D eigenvalue weighted by Crippen LogP contribution is 2.28. The van der Waals surface area contributed by atoms with Crippen LogP contribution in [0.5, 0.6) is 5.75 Å². The summed E-state index contributed by atoms with van der Waals surface area (Å²) in [6.45, 7) is 5.12. The van der Waals surface area contributed by atoms with Gasteiger partial charge >= 0.3 is 0 Å². The molecule has 5 nitrogen and oxygen atoms in total. The first-order valence-electron chi connectivity index (χ1n) is 9.64. The van der Waals surface area contributed by atoms with Crippen molar-refractivity contribution in [1.82, 2.24) is 4.90 Å². The summed E-state index contributed by atoms with van der Waals surface area (Å²) in [7, 11) is 0. The number of amides is 1. The second-order valence-electron chi connectivity index (χ2n) is 7.76. The van der Waals surface area contributed by atoms with Crippen molar-refractivity contribution < 1.29 is 19.0 Å². The van der Waals surface area contributed by atoms with E-state index in [0.717, 1.165) is 17.5 Å². The lowest BCUT2D eigenvalue weighted by molar-refractivity contribution is -0.119. The number of benzene rings is 2. The highest BCUT2D eigenvalue weighted by atomic mass is 35.5. The largest absolute Gasteiger partial charge is 0.491 e. The quantitative estimate of drug-likeness (QED) is 0.743. The number of aliphatic hydroxyl groups is 1. The minimum Gasteiger partial charge on any atom is -0.491 e. The molecule has 156 valence electrons. The number of halogens is 2. The van der Waals surface area contributed by atoms with Gasteiger partial charge in [0.25, 0.3) is 0 Å². The number of nitrogens with zero attached hydrogens (tertiary/aromatic N) is 1. The summed E-state index contributed by atoms with van der Waals surface area (Å²) < 4.78 is 19.1. The molecule has 1 aliphatic rings. The zero-order chi connectivity index (χ0) is 21.0. The lowest BCUT2D eigenvalue weighted by atomic mass is 9.93. The first kappa shape index (κ1) is 21.6. The van der Waals surface area contributed by atoms with Crippen LogP contribution in [0.4, 0.5) is 10.1 Å². The van der Waals surface area contributed by atoms with Crippen LogP contribution in [0.1, 0.15) is 24.0 Å². The average molecular weight is 421 g/mol. The van der Waals surface area contributed by atoms with Gasteiger partial charge in [-0.15, -0.1) is 0 Å². The van der Waals surface area contributed by atoms with E-state index in [4.69, 9.17) is 16.3 Å². The number of β-amino-alcohol motifs (C(OH)–C–C–N with tert-alkyl or cyclic N) is 1. The van der Waals surface area contributed by atoms with Crippen molar-refractivity contribution >= 4 is 23.2 Å². The number of piperidine rings is 1. The molecule has 1 amide bonds. The Kier molecular flexibility index (Phi) is 6.77. The monoisotopic (exact) mass is 420 g/mol. The van der Waals surface area contributed by atoms with Crippen molar-refractivity contribution in [2.75, 3.05) is 31.6 Å². The van der Waals surface area contributed by atoms with E-state index < -0.39 is 11.4 Å². The van der Waals surface area contributed by atoms with Gasteiger partial charge in [-0.25, -0.2) is 4.39 Å². The summed E-state index contributed by atoms with van der Waals surface area (Å²) in [5.74, 6) is 0.0171. The van der Waals surface area contributed by atoms with E-state index in [1.54, 1.807) is 12.1 Å². The van der Waals surface area contributed by atoms with Gasteiger partial charge in [-0.05, 0) is 74.7 Å². The van der Waals surface area contributed by atoms with Crippen molar-refractivity contribution in [2.45, 2.75) is 32.3 Å². The van der Waals surface area contributed by atoms with Gasteiger partial charge in [-0.1, -0.05) is 17.7 Å². The number of hydrogen-bond acceptors (Lipinski definition) is 4. The van der Waals surface area contributed by atoms with Crippen molar-refractivity contribution in [3.8, 4) is 5.75 Å². The molecule has 0 saturated carbocycles. The Bertz CT molecular complexity index is 869. The zero-order valence-corrected chi connectivity index (χ0v) is 17.4. The van der Waals surface area contributed by atoms with Gasteiger partial charge in [0.1, 0.15) is 23.8 Å². The maximum Gasteiger partial charge on any atom is 0.238 e. The molecular weight excluding hydrogens is 395 g/mol. The Morgan fingerprint density at radius 2 is 2.03 bits per heavy atom. The van der Waals surface area contributed by atoms with Gasteiger partial charge in [-0.3, -0.25) is 9.69 Å². The lowest BCUT2D eigenvalue weighted by Gasteiger charge is -2.38. The first-order chi connectivity index (χ1) is 13.7. The van der Waals surface area contributed by atoms with Crippen LogP contribution < -0.4 is 10.1 Å². The molecule has 1 saturated heterocycles. The molecule has 1 fully saturated rings. The molecule has 0 aromatic heterocycles. The minimum atomic E-state index is -1.04. The van der Waals surface area contributed by atoms with Gasteiger partial charge in [-0.2, -0.15) is 0 Å².